The van der Waals surface area contributed by atoms with Crippen LogP contribution in [0.5, 0.6) is 0 Å². The van der Waals surface area contributed by atoms with Crippen LogP contribution in [-0.4, -0.2) is 21.8 Å². The number of rotatable bonds is 7. The van der Waals surface area contributed by atoms with E-state index in [0.29, 0.717) is 24.9 Å². The Bertz CT molecular complexity index is 1250. The number of nitrogens with one attached hydrogen (secondary N) is 3. The fourth-order valence-corrected chi connectivity index (χ4v) is 3.32. The predicted octanol–water partition coefficient (Wildman–Crippen LogP) is 4.57. The third-order valence-electron chi connectivity index (χ3n) is 5.09. The number of nitrogens with zero attached hydrogens (tertiary/aromatic N) is 1. The van der Waals surface area contributed by atoms with Gasteiger partial charge >= 0.3 is 0 Å². The van der Waals surface area contributed by atoms with Crippen molar-refractivity contribution >= 4 is 28.5 Å². The van der Waals surface area contributed by atoms with Crippen molar-refractivity contribution in [2.24, 2.45) is 0 Å². The smallest absolute Gasteiger partial charge is 0.251 e. The van der Waals surface area contributed by atoms with Crippen molar-refractivity contribution in [3.8, 4) is 0 Å². The number of carbonyl (C=O) groups excluding carboxylic acids is 2. The Labute approximate surface area is 184 Å². The lowest BCUT2D eigenvalue weighted by Crippen LogP contribution is -2.22. The molecule has 0 spiro atoms. The molecule has 0 atom stereocenters. The number of fused-ring (bicyclic) bond motifs is 1. The molecule has 7 heteroatoms. The van der Waals surface area contributed by atoms with Gasteiger partial charge in [-0.2, -0.15) is 0 Å². The van der Waals surface area contributed by atoms with Crippen LogP contribution < -0.4 is 10.6 Å². The topological polar surface area (TPSA) is 86.9 Å². The average Bonchev–Trinajstić information content (AvgIpc) is 3.21. The van der Waals surface area contributed by atoms with Crippen LogP contribution >= 0.6 is 0 Å². The maximum atomic E-state index is 13.0. The molecule has 0 radical (unpaired) electrons. The first-order valence-corrected chi connectivity index (χ1v) is 10.4. The van der Waals surface area contributed by atoms with E-state index in [4.69, 9.17) is 0 Å². The van der Waals surface area contributed by atoms with Gasteiger partial charge in [0.1, 0.15) is 11.6 Å². The molecule has 0 unspecified atom stereocenters. The zero-order valence-corrected chi connectivity index (χ0v) is 17.6. The van der Waals surface area contributed by atoms with Crippen LogP contribution in [0, 0.1) is 5.82 Å². The van der Waals surface area contributed by atoms with Gasteiger partial charge in [0.05, 0.1) is 11.0 Å². The molecular weight excluding hydrogens is 407 g/mol. The number of imidazole rings is 1. The number of aromatic amines is 1. The van der Waals surface area contributed by atoms with Crippen LogP contribution in [0.25, 0.3) is 11.0 Å². The number of benzene rings is 3. The zero-order chi connectivity index (χ0) is 22.5. The number of hydrogen-bond acceptors (Lipinski definition) is 3. The first-order valence-electron chi connectivity index (χ1n) is 10.4. The summed E-state index contributed by atoms with van der Waals surface area (Å²) < 4.78 is 13.0. The molecule has 1 aromatic heterocycles. The summed E-state index contributed by atoms with van der Waals surface area (Å²) in [5, 5.41) is 5.67. The Kier molecular flexibility index (Phi) is 6.26. The van der Waals surface area contributed by atoms with Gasteiger partial charge in [-0.3, -0.25) is 9.59 Å². The molecule has 0 saturated heterocycles. The van der Waals surface area contributed by atoms with Gasteiger partial charge < -0.3 is 15.6 Å². The Morgan fingerprint density at radius 3 is 2.41 bits per heavy atom. The van der Waals surface area contributed by atoms with Crippen molar-refractivity contribution in [2.45, 2.75) is 26.3 Å². The maximum Gasteiger partial charge on any atom is 0.251 e. The minimum atomic E-state index is -0.306. The number of aromatic nitrogens is 2. The molecular formula is C25H23FN4O2. The first kappa shape index (κ1) is 21.2. The van der Waals surface area contributed by atoms with Crippen LogP contribution in [0.1, 0.15) is 40.7 Å². The number of hydrogen-bond donors (Lipinski definition) is 3. The van der Waals surface area contributed by atoms with Crippen LogP contribution in [0.3, 0.4) is 0 Å². The quantitative estimate of drug-likeness (QED) is 0.401. The van der Waals surface area contributed by atoms with E-state index >= 15 is 0 Å². The summed E-state index contributed by atoms with van der Waals surface area (Å²) >= 11 is 0. The number of carbonyl (C=O) groups is 2. The van der Waals surface area contributed by atoms with E-state index in [0.717, 1.165) is 33.7 Å². The van der Waals surface area contributed by atoms with E-state index in [9.17, 15) is 14.0 Å². The number of H-pyrrole nitrogens is 1. The largest absolute Gasteiger partial charge is 0.348 e. The lowest BCUT2D eigenvalue weighted by Gasteiger charge is -2.05. The number of amides is 2. The molecule has 2 amide bonds. The molecule has 4 rings (SSSR count). The second kappa shape index (κ2) is 9.43. The summed E-state index contributed by atoms with van der Waals surface area (Å²) in [6.07, 6.45) is 1.04. The van der Waals surface area contributed by atoms with E-state index in [2.05, 4.69) is 20.6 Å². The van der Waals surface area contributed by atoms with Crippen LogP contribution in [-0.2, 0) is 17.8 Å². The third-order valence-corrected chi connectivity index (χ3v) is 5.09. The van der Waals surface area contributed by atoms with Crippen molar-refractivity contribution in [2.75, 3.05) is 5.32 Å². The van der Waals surface area contributed by atoms with E-state index in [1.54, 1.807) is 24.3 Å². The molecule has 162 valence electrons. The first-order chi connectivity index (χ1) is 15.5. The zero-order valence-electron chi connectivity index (χ0n) is 17.6. The van der Waals surface area contributed by atoms with Gasteiger partial charge in [-0.25, -0.2) is 9.37 Å². The van der Waals surface area contributed by atoms with Gasteiger partial charge in [-0.15, -0.1) is 0 Å². The minimum absolute atomic E-state index is 0.0208. The number of halogens is 1. The number of anilines is 1. The van der Waals surface area contributed by atoms with Crippen molar-refractivity contribution in [1.82, 2.24) is 15.3 Å². The van der Waals surface area contributed by atoms with Gasteiger partial charge in [0.25, 0.3) is 5.91 Å². The molecule has 0 bridgehead atoms. The molecule has 0 saturated carbocycles. The van der Waals surface area contributed by atoms with Crippen LogP contribution in [0.4, 0.5) is 10.1 Å². The highest BCUT2D eigenvalue weighted by Crippen LogP contribution is 2.17. The van der Waals surface area contributed by atoms with Gasteiger partial charge in [0.2, 0.25) is 5.91 Å². The molecule has 4 aromatic rings. The predicted molar refractivity (Wildman–Crippen MR) is 122 cm³/mol. The summed E-state index contributed by atoms with van der Waals surface area (Å²) in [4.78, 5) is 31.9. The van der Waals surface area contributed by atoms with E-state index in [-0.39, 0.29) is 17.6 Å². The Morgan fingerprint density at radius 1 is 0.969 bits per heavy atom. The molecule has 6 nitrogen and oxygen atoms in total. The fraction of sp³-hybridized carbons (Fsp3) is 0.160. The lowest BCUT2D eigenvalue weighted by molar-refractivity contribution is -0.115. The second-order valence-electron chi connectivity index (χ2n) is 7.50. The Hall–Kier alpha value is -4.00. The van der Waals surface area contributed by atoms with Gasteiger partial charge in [0.15, 0.2) is 0 Å². The van der Waals surface area contributed by atoms with Crippen LogP contribution in [0.15, 0.2) is 66.7 Å². The van der Waals surface area contributed by atoms with Crippen molar-refractivity contribution in [3.05, 3.63) is 95.1 Å². The summed E-state index contributed by atoms with van der Waals surface area (Å²) in [5.74, 6) is 0.249. The summed E-state index contributed by atoms with van der Waals surface area (Å²) in [7, 11) is 0. The van der Waals surface area contributed by atoms with E-state index < -0.39 is 0 Å². The summed E-state index contributed by atoms with van der Waals surface area (Å²) in [6.45, 7) is 2.13. The van der Waals surface area contributed by atoms with Gasteiger partial charge in [-0.1, -0.05) is 31.2 Å². The van der Waals surface area contributed by atoms with Crippen molar-refractivity contribution < 1.29 is 14.0 Å². The molecule has 3 aromatic carbocycles. The lowest BCUT2D eigenvalue weighted by atomic mass is 10.1. The fourth-order valence-electron chi connectivity index (χ4n) is 3.32. The van der Waals surface area contributed by atoms with Gasteiger partial charge in [-0.05, 0) is 53.6 Å². The molecule has 0 aliphatic rings. The second-order valence-corrected chi connectivity index (χ2v) is 7.50. The highest BCUT2D eigenvalue weighted by atomic mass is 19.1. The average molecular weight is 430 g/mol. The molecule has 1 heterocycles. The monoisotopic (exact) mass is 430 g/mol. The normalized spacial score (nSPS) is 10.8. The van der Waals surface area contributed by atoms with E-state index in [1.807, 2.05) is 37.3 Å². The van der Waals surface area contributed by atoms with Crippen LogP contribution in [0.2, 0.25) is 0 Å². The standard InChI is InChI=1S/C25H23FN4O2/c1-2-24(31)28-20-10-5-16(6-11-20)13-23-29-21-12-7-18(14-22(21)30-23)25(32)27-15-17-3-8-19(26)9-4-17/h3-12,14H,2,13,15H2,1H3,(H,27,32)(H,28,31)(H,29,30). The summed E-state index contributed by atoms with van der Waals surface area (Å²) in [6, 6.07) is 19.0. The maximum absolute atomic E-state index is 13.0. The Balaban J connectivity index is 1.41. The molecule has 0 aliphatic heterocycles. The van der Waals surface area contributed by atoms with Crippen molar-refractivity contribution in [1.29, 1.82) is 0 Å². The molecule has 0 aliphatic carbocycles. The SMILES string of the molecule is CCC(=O)Nc1ccc(Cc2nc3ccc(C(=O)NCc4ccc(F)cc4)cc3[nH]2)cc1. The Morgan fingerprint density at radius 2 is 1.69 bits per heavy atom. The van der Waals surface area contributed by atoms with Gasteiger partial charge in [0, 0.05) is 30.6 Å². The van der Waals surface area contributed by atoms with E-state index in [1.165, 1.54) is 12.1 Å². The molecule has 3 N–H and O–H groups in total. The minimum Gasteiger partial charge on any atom is -0.348 e. The molecule has 32 heavy (non-hydrogen) atoms. The van der Waals surface area contributed by atoms with Crippen molar-refractivity contribution in [3.63, 3.8) is 0 Å². The molecule has 0 fully saturated rings. The summed E-state index contributed by atoms with van der Waals surface area (Å²) in [5.41, 5.74) is 4.72. The highest BCUT2D eigenvalue weighted by molar-refractivity contribution is 5.97. The third kappa shape index (κ3) is 5.18. The highest BCUT2D eigenvalue weighted by Gasteiger charge is 2.10.